The van der Waals surface area contributed by atoms with Gasteiger partial charge in [-0.05, 0) is 55.3 Å². The number of rotatable bonds is 5. The molecule has 3 heterocycles. The fourth-order valence-electron chi connectivity index (χ4n) is 4.31. The number of carbonyl (C=O) groups excluding carboxylic acids is 1. The number of para-hydroxylation sites is 1. The molecule has 5 rings (SSSR count). The molecular formula is C25H24ClN5O2. The summed E-state index contributed by atoms with van der Waals surface area (Å²) < 4.78 is 7.83. The summed E-state index contributed by atoms with van der Waals surface area (Å²) >= 11 is 5.79. The third-order valence-corrected chi connectivity index (χ3v) is 6.17. The van der Waals surface area contributed by atoms with Crippen molar-refractivity contribution in [2.24, 2.45) is 0 Å². The molecule has 0 spiro atoms. The average molecular weight is 462 g/mol. The zero-order chi connectivity index (χ0) is 22.8. The molecule has 168 valence electrons. The average Bonchev–Trinajstić information content (AvgIpc) is 3.26. The number of halogens is 1. The number of benzene rings is 2. The number of ether oxygens (including phenoxy) is 1. The highest BCUT2D eigenvalue weighted by atomic mass is 35.5. The number of piperidine rings is 1. The highest BCUT2D eigenvalue weighted by Gasteiger charge is 2.28. The topological polar surface area (TPSA) is 86.3 Å². The smallest absolute Gasteiger partial charge is 0.237 e. The number of pyridine rings is 1. The molecule has 1 aliphatic rings. The van der Waals surface area contributed by atoms with Crippen molar-refractivity contribution < 1.29 is 9.53 Å². The monoisotopic (exact) mass is 461 g/mol. The Morgan fingerprint density at radius 1 is 1.09 bits per heavy atom. The molecule has 0 bridgehead atoms. The number of anilines is 1. The SMILES string of the molecule is Nc1ccnc2c1c(-c1ccc(Oc3ccccc3)cc1)nn2C1CCCN(C(=O)CCl)C1. The first-order chi connectivity index (χ1) is 16.1. The number of nitrogen functional groups attached to an aromatic ring is 1. The molecule has 2 aromatic heterocycles. The molecule has 2 aromatic carbocycles. The molecule has 1 aliphatic heterocycles. The second-order valence-corrected chi connectivity index (χ2v) is 8.37. The van der Waals surface area contributed by atoms with E-state index in [0.29, 0.717) is 18.8 Å². The van der Waals surface area contributed by atoms with Crippen molar-refractivity contribution in [3.05, 3.63) is 66.9 Å². The van der Waals surface area contributed by atoms with Crippen LogP contribution in [0.4, 0.5) is 5.69 Å². The lowest BCUT2D eigenvalue weighted by Crippen LogP contribution is -2.41. The summed E-state index contributed by atoms with van der Waals surface area (Å²) in [5.41, 5.74) is 9.40. The summed E-state index contributed by atoms with van der Waals surface area (Å²) in [6, 6.07) is 19.2. The molecule has 0 saturated carbocycles. The van der Waals surface area contributed by atoms with Gasteiger partial charge in [0.15, 0.2) is 5.65 Å². The van der Waals surface area contributed by atoms with E-state index in [2.05, 4.69) is 4.98 Å². The van der Waals surface area contributed by atoms with E-state index in [1.54, 1.807) is 17.2 Å². The number of hydrogen-bond acceptors (Lipinski definition) is 5. The molecule has 1 atom stereocenters. The Morgan fingerprint density at radius 3 is 2.61 bits per heavy atom. The second-order valence-electron chi connectivity index (χ2n) is 8.10. The van der Waals surface area contributed by atoms with Crippen molar-refractivity contribution in [2.75, 3.05) is 24.7 Å². The van der Waals surface area contributed by atoms with E-state index in [1.807, 2.05) is 59.3 Å². The number of nitrogens with two attached hydrogens (primary N) is 1. The van der Waals surface area contributed by atoms with E-state index >= 15 is 0 Å². The molecule has 1 amide bonds. The van der Waals surface area contributed by atoms with Crippen LogP contribution in [0.15, 0.2) is 66.9 Å². The fraction of sp³-hybridized carbons (Fsp3) is 0.240. The molecule has 33 heavy (non-hydrogen) atoms. The first-order valence-corrected chi connectivity index (χ1v) is 11.5. The molecular weight excluding hydrogens is 438 g/mol. The third kappa shape index (κ3) is 4.24. The summed E-state index contributed by atoms with van der Waals surface area (Å²) in [5, 5.41) is 5.75. The standard InChI is InChI=1S/C25H24ClN5O2/c26-15-22(32)30-14-4-5-18(16-30)31-25-23(21(27)12-13-28-25)24(29-31)17-8-10-20(11-9-17)33-19-6-2-1-3-7-19/h1-3,6-13,18H,4-5,14-16H2,(H2,27,28). The van der Waals surface area contributed by atoms with E-state index < -0.39 is 0 Å². The van der Waals surface area contributed by atoms with Crippen molar-refractivity contribution in [2.45, 2.75) is 18.9 Å². The van der Waals surface area contributed by atoms with Crippen LogP contribution < -0.4 is 10.5 Å². The lowest BCUT2D eigenvalue weighted by molar-refractivity contribution is -0.130. The normalized spacial score (nSPS) is 16.2. The van der Waals surface area contributed by atoms with Crippen molar-refractivity contribution in [3.63, 3.8) is 0 Å². The van der Waals surface area contributed by atoms with Crippen LogP contribution in [0.5, 0.6) is 11.5 Å². The predicted molar refractivity (Wildman–Crippen MR) is 129 cm³/mol. The van der Waals surface area contributed by atoms with E-state index in [4.69, 9.17) is 27.2 Å². The minimum Gasteiger partial charge on any atom is -0.457 e. The van der Waals surface area contributed by atoms with Crippen LogP contribution in [0.25, 0.3) is 22.3 Å². The molecule has 7 nitrogen and oxygen atoms in total. The van der Waals surface area contributed by atoms with E-state index in [9.17, 15) is 4.79 Å². The minimum absolute atomic E-state index is 0.0113. The van der Waals surface area contributed by atoms with Gasteiger partial charge in [0.05, 0.1) is 11.4 Å². The molecule has 0 radical (unpaired) electrons. The first kappa shape index (κ1) is 21.3. The number of amides is 1. The highest BCUT2D eigenvalue weighted by molar-refractivity contribution is 6.27. The maximum Gasteiger partial charge on any atom is 0.237 e. The Morgan fingerprint density at radius 2 is 1.85 bits per heavy atom. The van der Waals surface area contributed by atoms with Gasteiger partial charge in [-0.2, -0.15) is 5.10 Å². The molecule has 8 heteroatoms. The number of alkyl halides is 1. The lowest BCUT2D eigenvalue weighted by Gasteiger charge is -2.32. The molecule has 4 aromatic rings. The summed E-state index contributed by atoms with van der Waals surface area (Å²) in [6.45, 7) is 1.27. The summed E-state index contributed by atoms with van der Waals surface area (Å²) in [6.07, 6.45) is 3.49. The van der Waals surface area contributed by atoms with Gasteiger partial charge in [-0.25, -0.2) is 9.67 Å². The van der Waals surface area contributed by atoms with Gasteiger partial charge in [0.2, 0.25) is 5.91 Å². The molecule has 1 unspecified atom stereocenters. The van der Waals surface area contributed by atoms with Crippen LogP contribution in [-0.4, -0.2) is 44.5 Å². The van der Waals surface area contributed by atoms with Crippen molar-refractivity contribution in [1.82, 2.24) is 19.7 Å². The molecule has 2 N–H and O–H groups in total. The first-order valence-electron chi connectivity index (χ1n) is 10.9. The zero-order valence-corrected chi connectivity index (χ0v) is 18.8. The van der Waals surface area contributed by atoms with Gasteiger partial charge >= 0.3 is 0 Å². The molecule has 1 saturated heterocycles. The van der Waals surface area contributed by atoms with Crippen molar-refractivity contribution in [1.29, 1.82) is 0 Å². The number of fused-ring (bicyclic) bond motifs is 1. The van der Waals surface area contributed by atoms with Gasteiger partial charge in [0.25, 0.3) is 0 Å². The number of aromatic nitrogens is 3. The largest absolute Gasteiger partial charge is 0.457 e. The fourth-order valence-corrected chi connectivity index (χ4v) is 4.48. The number of nitrogens with zero attached hydrogens (tertiary/aromatic N) is 4. The van der Waals surface area contributed by atoms with E-state index in [1.165, 1.54) is 0 Å². The Bertz CT molecular complexity index is 1270. The van der Waals surface area contributed by atoms with Crippen molar-refractivity contribution in [3.8, 4) is 22.8 Å². The third-order valence-electron chi connectivity index (χ3n) is 5.94. The number of likely N-dealkylation sites (tertiary alicyclic amines) is 1. The second kappa shape index (κ2) is 9.11. The molecule has 0 aliphatic carbocycles. The van der Waals surface area contributed by atoms with Gasteiger partial charge < -0.3 is 15.4 Å². The zero-order valence-electron chi connectivity index (χ0n) is 18.0. The van der Waals surface area contributed by atoms with Gasteiger partial charge in [-0.15, -0.1) is 11.6 Å². The van der Waals surface area contributed by atoms with Gasteiger partial charge in [-0.3, -0.25) is 4.79 Å². The lowest BCUT2D eigenvalue weighted by atomic mass is 10.1. The van der Waals surface area contributed by atoms with Crippen LogP contribution in [0.3, 0.4) is 0 Å². The van der Waals surface area contributed by atoms with E-state index in [-0.39, 0.29) is 17.8 Å². The highest BCUT2D eigenvalue weighted by Crippen LogP contribution is 2.35. The van der Waals surface area contributed by atoms with Crippen LogP contribution >= 0.6 is 11.6 Å². The Hall–Kier alpha value is -3.58. The number of hydrogen-bond donors (Lipinski definition) is 1. The van der Waals surface area contributed by atoms with Crippen LogP contribution in [0.2, 0.25) is 0 Å². The Labute approximate surface area is 196 Å². The van der Waals surface area contributed by atoms with Crippen LogP contribution in [0.1, 0.15) is 18.9 Å². The quantitative estimate of drug-likeness (QED) is 0.428. The molecule has 1 fully saturated rings. The Balaban J connectivity index is 1.49. The summed E-state index contributed by atoms with van der Waals surface area (Å²) in [7, 11) is 0. The minimum atomic E-state index is -0.0560. The maximum absolute atomic E-state index is 12.2. The van der Waals surface area contributed by atoms with Gasteiger partial charge in [0.1, 0.15) is 23.1 Å². The summed E-state index contributed by atoms with van der Waals surface area (Å²) in [4.78, 5) is 18.6. The van der Waals surface area contributed by atoms with Crippen molar-refractivity contribution >= 4 is 34.2 Å². The van der Waals surface area contributed by atoms with Gasteiger partial charge in [0, 0.05) is 30.5 Å². The van der Waals surface area contributed by atoms with E-state index in [0.717, 1.165) is 46.6 Å². The van der Waals surface area contributed by atoms with Crippen LogP contribution in [0, 0.1) is 0 Å². The Kier molecular flexibility index (Phi) is 5.88. The van der Waals surface area contributed by atoms with Gasteiger partial charge in [-0.1, -0.05) is 18.2 Å². The summed E-state index contributed by atoms with van der Waals surface area (Å²) in [5.74, 6) is 1.45. The maximum atomic E-state index is 12.2. The number of carbonyl (C=O) groups is 1. The van der Waals surface area contributed by atoms with Crippen LogP contribution in [-0.2, 0) is 4.79 Å². The predicted octanol–water partition coefficient (Wildman–Crippen LogP) is 4.88.